The van der Waals surface area contributed by atoms with E-state index in [-0.39, 0.29) is 18.3 Å². The van der Waals surface area contributed by atoms with E-state index in [9.17, 15) is 4.79 Å². The van der Waals surface area contributed by atoms with Crippen LogP contribution in [0.5, 0.6) is 0 Å². The molecule has 3 nitrogen and oxygen atoms in total. The van der Waals surface area contributed by atoms with Gasteiger partial charge < -0.3 is 22.2 Å². The number of allylic oxidation sites excluding steroid dienone is 6. The van der Waals surface area contributed by atoms with E-state index >= 15 is 0 Å². The van der Waals surface area contributed by atoms with Crippen LogP contribution < -0.4 is 17.7 Å². The van der Waals surface area contributed by atoms with Crippen molar-refractivity contribution in [2.75, 3.05) is 34.2 Å². The van der Waals surface area contributed by atoms with Gasteiger partial charge in [0.05, 0.1) is 34.2 Å². The molecular weight excluding hydrogens is 380 g/mol. The largest absolute Gasteiger partial charge is 1.00 e. The minimum absolute atomic E-state index is 0. The molecule has 170 valence electrons. The SMILES string of the molecule is CC(C)=CCC/C(C)=C/CC/C(C)=C/CCC(C)CC(=O)NCC[N+](C)(C)C.[Cl-]. The fourth-order valence-corrected chi connectivity index (χ4v) is 2.97. The van der Waals surface area contributed by atoms with Crippen molar-refractivity contribution >= 4 is 5.91 Å². The fourth-order valence-electron chi connectivity index (χ4n) is 2.97. The summed E-state index contributed by atoms with van der Waals surface area (Å²) in [5.41, 5.74) is 4.37. The zero-order valence-corrected chi connectivity index (χ0v) is 21.2. The molecule has 0 aromatic rings. The number of rotatable bonds is 14. The maximum Gasteiger partial charge on any atom is 0.220 e. The molecule has 0 spiro atoms. The van der Waals surface area contributed by atoms with Crippen molar-refractivity contribution in [2.24, 2.45) is 5.92 Å². The summed E-state index contributed by atoms with van der Waals surface area (Å²) >= 11 is 0. The number of amides is 1. The van der Waals surface area contributed by atoms with Gasteiger partial charge in [-0.2, -0.15) is 0 Å². The van der Waals surface area contributed by atoms with Crippen LogP contribution in [-0.4, -0.2) is 44.6 Å². The van der Waals surface area contributed by atoms with Crippen LogP contribution in [0.1, 0.15) is 79.6 Å². The van der Waals surface area contributed by atoms with Gasteiger partial charge in [0, 0.05) is 6.42 Å². The van der Waals surface area contributed by atoms with Gasteiger partial charge in [0.15, 0.2) is 0 Å². The lowest BCUT2D eigenvalue weighted by Gasteiger charge is -2.24. The molecule has 0 radical (unpaired) electrons. The first-order chi connectivity index (χ1) is 13.0. The minimum Gasteiger partial charge on any atom is -1.00 e. The summed E-state index contributed by atoms with van der Waals surface area (Å²) < 4.78 is 0.879. The monoisotopic (exact) mass is 426 g/mol. The van der Waals surface area contributed by atoms with Gasteiger partial charge in [0.1, 0.15) is 0 Å². The predicted molar refractivity (Wildman–Crippen MR) is 124 cm³/mol. The van der Waals surface area contributed by atoms with E-state index in [1.165, 1.54) is 23.1 Å². The van der Waals surface area contributed by atoms with Gasteiger partial charge in [-0.25, -0.2) is 0 Å². The Bertz CT molecular complexity index is 538. The minimum atomic E-state index is 0. The number of carbonyl (C=O) groups excluding carboxylic acids is 1. The summed E-state index contributed by atoms with van der Waals surface area (Å²) in [5, 5.41) is 3.05. The lowest BCUT2D eigenvalue weighted by molar-refractivity contribution is -0.869. The molecule has 1 unspecified atom stereocenters. The third-order valence-electron chi connectivity index (χ3n) is 4.91. The van der Waals surface area contributed by atoms with Crippen molar-refractivity contribution in [1.82, 2.24) is 5.32 Å². The van der Waals surface area contributed by atoms with Crippen LogP contribution in [-0.2, 0) is 4.79 Å². The van der Waals surface area contributed by atoms with E-state index in [0.29, 0.717) is 12.3 Å². The lowest BCUT2D eigenvalue weighted by atomic mass is 9.99. The topological polar surface area (TPSA) is 29.1 Å². The van der Waals surface area contributed by atoms with Crippen LogP contribution in [0.4, 0.5) is 0 Å². The number of hydrogen-bond acceptors (Lipinski definition) is 1. The van der Waals surface area contributed by atoms with Crippen LogP contribution >= 0.6 is 0 Å². The standard InChI is InChI=1S/C25H46N2O.ClH/c1-21(2)12-9-13-22(3)14-10-15-23(4)16-11-17-24(5)20-25(28)26-18-19-27(6,7)8;/h12,14,16,24H,9-11,13,15,17-20H2,1-8H3;1H/b22-14+,23-16+;. The van der Waals surface area contributed by atoms with Crippen molar-refractivity contribution in [1.29, 1.82) is 0 Å². The molecule has 0 aliphatic carbocycles. The first-order valence-corrected chi connectivity index (χ1v) is 11.0. The zero-order chi connectivity index (χ0) is 21.6. The van der Waals surface area contributed by atoms with Crippen LogP contribution in [0.2, 0.25) is 0 Å². The van der Waals surface area contributed by atoms with E-state index in [0.717, 1.165) is 49.7 Å². The summed E-state index contributed by atoms with van der Waals surface area (Å²) in [4.78, 5) is 12.0. The predicted octanol–water partition coefficient (Wildman–Crippen LogP) is 3.04. The summed E-state index contributed by atoms with van der Waals surface area (Å²) in [6, 6.07) is 0. The summed E-state index contributed by atoms with van der Waals surface area (Å²) in [6.45, 7) is 12.7. The summed E-state index contributed by atoms with van der Waals surface area (Å²) in [6.07, 6.45) is 14.4. The highest BCUT2D eigenvalue weighted by molar-refractivity contribution is 5.76. The normalized spacial score (nSPS) is 13.5. The second-order valence-corrected chi connectivity index (χ2v) is 9.71. The number of nitrogens with one attached hydrogen (secondary N) is 1. The Kier molecular flexibility index (Phi) is 17.4. The molecule has 0 aromatic carbocycles. The average molecular weight is 427 g/mol. The lowest BCUT2D eigenvalue weighted by Crippen LogP contribution is -3.00. The maximum atomic E-state index is 12.0. The Morgan fingerprint density at radius 3 is 1.93 bits per heavy atom. The first kappa shape index (κ1) is 30.1. The third-order valence-corrected chi connectivity index (χ3v) is 4.91. The first-order valence-electron chi connectivity index (χ1n) is 11.0. The Morgan fingerprint density at radius 2 is 1.41 bits per heavy atom. The van der Waals surface area contributed by atoms with Gasteiger partial charge in [-0.1, -0.05) is 41.9 Å². The maximum absolute atomic E-state index is 12.0. The van der Waals surface area contributed by atoms with Gasteiger partial charge in [-0.05, 0) is 72.1 Å². The molecule has 0 aromatic heterocycles. The molecule has 1 atom stereocenters. The van der Waals surface area contributed by atoms with Gasteiger partial charge in [0.2, 0.25) is 5.91 Å². The van der Waals surface area contributed by atoms with E-state index in [4.69, 9.17) is 0 Å². The van der Waals surface area contributed by atoms with E-state index < -0.39 is 0 Å². The molecule has 4 heteroatoms. The van der Waals surface area contributed by atoms with Crippen molar-refractivity contribution < 1.29 is 21.7 Å². The smallest absolute Gasteiger partial charge is 0.220 e. The van der Waals surface area contributed by atoms with Gasteiger partial charge in [-0.15, -0.1) is 0 Å². The number of halogens is 1. The van der Waals surface area contributed by atoms with Crippen LogP contribution in [0.15, 0.2) is 34.9 Å². The highest BCUT2D eigenvalue weighted by Gasteiger charge is 2.11. The molecule has 0 bridgehead atoms. The molecule has 29 heavy (non-hydrogen) atoms. The summed E-state index contributed by atoms with van der Waals surface area (Å²) in [7, 11) is 6.43. The molecule has 0 heterocycles. The molecule has 0 saturated carbocycles. The van der Waals surface area contributed by atoms with Crippen LogP contribution in [0.3, 0.4) is 0 Å². The van der Waals surface area contributed by atoms with Crippen molar-refractivity contribution in [3.63, 3.8) is 0 Å². The quantitative estimate of drug-likeness (QED) is 0.335. The Hall–Kier alpha value is -1.06. The second-order valence-electron chi connectivity index (χ2n) is 9.71. The van der Waals surface area contributed by atoms with Crippen molar-refractivity contribution in [3.05, 3.63) is 34.9 Å². The van der Waals surface area contributed by atoms with Gasteiger partial charge >= 0.3 is 0 Å². The Labute approximate surface area is 187 Å². The Balaban J connectivity index is 0. The average Bonchev–Trinajstić information content (AvgIpc) is 2.53. The third kappa shape index (κ3) is 21.5. The summed E-state index contributed by atoms with van der Waals surface area (Å²) in [5.74, 6) is 0.626. The zero-order valence-electron chi connectivity index (χ0n) is 20.4. The Morgan fingerprint density at radius 1 is 0.897 bits per heavy atom. The van der Waals surface area contributed by atoms with E-state index in [1.807, 2.05) is 0 Å². The molecule has 1 amide bonds. The van der Waals surface area contributed by atoms with Crippen LogP contribution in [0.25, 0.3) is 0 Å². The van der Waals surface area contributed by atoms with E-state index in [1.54, 1.807) is 0 Å². The molecule has 1 N–H and O–H groups in total. The number of likely N-dealkylation sites (N-methyl/N-ethyl adjacent to an activating group) is 1. The van der Waals surface area contributed by atoms with Crippen molar-refractivity contribution in [3.8, 4) is 0 Å². The van der Waals surface area contributed by atoms with Crippen molar-refractivity contribution in [2.45, 2.75) is 79.6 Å². The molecule has 0 fully saturated rings. The number of hydrogen-bond donors (Lipinski definition) is 1. The molecular formula is C25H47ClN2O. The highest BCUT2D eigenvalue weighted by atomic mass is 35.5. The molecule has 0 saturated heterocycles. The van der Waals surface area contributed by atoms with E-state index in [2.05, 4.69) is 79.3 Å². The molecule has 0 aliphatic heterocycles. The van der Waals surface area contributed by atoms with Gasteiger partial charge in [-0.3, -0.25) is 4.79 Å². The van der Waals surface area contributed by atoms with Crippen LogP contribution in [0, 0.1) is 5.92 Å². The fraction of sp³-hybridized carbons (Fsp3) is 0.720. The van der Waals surface area contributed by atoms with Gasteiger partial charge in [0.25, 0.3) is 0 Å². The highest BCUT2D eigenvalue weighted by Crippen LogP contribution is 2.15. The second kappa shape index (κ2) is 16.7. The molecule has 0 rings (SSSR count). The molecule has 0 aliphatic rings. The number of nitrogens with zero attached hydrogens (tertiary/aromatic N) is 1. The number of quaternary nitrogens is 1. The number of carbonyl (C=O) groups is 1.